The number of nitrogens with one attached hydrogen (secondary N) is 2. The maximum absolute atomic E-state index is 13.6. The van der Waals surface area contributed by atoms with E-state index in [9.17, 15) is 27.2 Å². The molecular formula is C21H22ClF4N3O3. The first-order valence-electron chi connectivity index (χ1n) is 9.54. The summed E-state index contributed by atoms with van der Waals surface area (Å²) >= 11 is 5.96. The van der Waals surface area contributed by atoms with Gasteiger partial charge in [-0.05, 0) is 42.3 Å². The van der Waals surface area contributed by atoms with E-state index in [-0.39, 0.29) is 29.5 Å². The van der Waals surface area contributed by atoms with Crippen molar-refractivity contribution in [2.75, 3.05) is 18.5 Å². The largest absolute Gasteiger partial charge is 0.491 e. The Kier molecular flexibility index (Phi) is 8.45. The van der Waals surface area contributed by atoms with Gasteiger partial charge in [-0.15, -0.1) is 0 Å². The molecule has 0 spiro atoms. The van der Waals surface area contributed by atoms with Crippen molar-refractivity contribution in [3.05, 3.63) is 58.4 Å². The summed E-state index contributed by atoms with van der Waals surface area (Å²) in [6, 6.07) is 4.86. The highest BCUT2D eigenvalue weighted by Gasteiger charge is 2.32. The van der Waals surface area contributed by atoms with E-state index >= 15 is 0 Å². The molecule has 1 atom stereocenters. The molecule has 0 fully saturated rings. The summed E-state index contributed by atoms with van der Waals surface area (Å²) in [5.74, 6) is -2.94. The van der Waals surface area contributed by atoms with Gasteiger partial charge in [-0.2, -0.15) is 13.2 Å². The van der Waals surface area contributed by atoms with E-state index in [0.29, 0.717) is 12.1 Å². The number of carbonyl (C=O) groups is 2. The third-order valence-electron chi connectivity index (χ3n) is 4.29. The molecule has 0 aromatic heterocycles. The zero-order chi connectivity index (χ0) is 24.1. The second kappa shape index (κ2) is 10.6. The highest BCUT2D eigenvalue weighted by molar-refractivity contribution is 6.31. The highest BCUT2D eigenvalue weighted by Crippen LogP contribution is 2.32. The molecule has 0 aliphatic carbocycles. The molecule has 6 nitrogen and oxygen atoms in total. The van der Waals surface area contributed by atoms with Crippen LogP contribution in [0.15, 0.2) is 36.4 Å². The molecular weight excluding hydrogens is 454 g/mol. The molecule has 0 aliphatic heterocycles. The van der Waals surface area contributed by atoms with E-state index in [2.05, 4.69) is 10.6 Å². The van der Waals surface area contributed by atoms with Gasteiger partial charge in [0.2, 0.25) is 5.91 Å². The van der Waals surface area contributed by atoms with Crippen LogP contribution in [0.2, 0.25) is 5.02 Å². The molecule has 2 rings (SSSR count). The summed E-state index contributed by atoms with van der Waals surface area (Å²) in [7, 11) is 0. The minimum atomic E-state index is -4.79. The minimum Gasteiger partial charge on any atom is -0.491 e. The van der Waals surface area contributed by atoms with Gasteiger partial charge in [-0.3, -0.25) is 9.59 Å². The summed E-state index contributed by atoms with van der Waals surface area (Å²) in [6.45, 7) is 3.59. The third kappa shape index (κ3) is 6.83. The first-order valence-corrected chi connectivity index (χ1v) is 9.92. The van der Waals surface area contributed by atoms with Gasteiger partial charge in [0.25, 0.3) is 5.91 Å². The number of amides is 2. The fourth-order valence-corrected chi connectivity index (χ4v) is 2.95. The van der Waals surface area contributed by atoms with Gasteiger partial charge in [0.1, 0.15) is 24.2 Å². The lowest BCUT2D eigenvalue weighted by Crippen LogP contribution is -2.47. The fourth-order valence-electron chi connectivity index (χ4n) is 2.77. The van der Waals surface area contributed by atoms with Crippen LogP contribution in [0.5, 0.6) is 5.75 Å². The van der Waals surface area contributed by atoms with Gasteiger partial charge in [0.05, 0.1) is 11.1 Å². The van der Waals surface area contributed by atoms with Crippen LogP contribution in [0.3, 0.4) is 0 Å². The van der Waals surface area contributed by atoms with Gasteiger partial charge < -0.3 is 21.1 Å². The van der Waals surface area contributed by atoms with Crippen LogP contribution in [0.4, 0.5) is 23.2 Å². The van der Waals surface area contributed by atoms with Gasteiger partial charge in [-0.25, -0.2) is 4.39 Å². The van der Waals surface area contributed by atoms with E-state index in [1.165, 1.54) is 18.2 Å². The zero-order valence-electron chi connectivity index (χ0n) is 17.2. The Morgan fingerprint density at radius 2 is 1.84 bits per heavy atom. The number of benzene rings is 2. The minimum absolute atomic E-state index is 0.0505. The summed E-state index contributed by atoms with van der Waals surface area (Å²) in [5.41, 5.74) is 3.82. The van der Waals surface area contributed by atoms with Crippen molar-refractivity contribution in [3.63, 3.8) is 0 Å². The van der Waals surface area contributed by atoms with E-state index in [0.717, 1.165) is 6.07 Å². The maximum atomic E-state index is 13.6. The number of halogens is 5. The van der Waals surface area contributed by atoms with Crippen LogP contribution in [0.25, 0.3) is 0 Å². The third-order valence-corrected chi connectivity index (χ3v) is 4.53. The van der Waals surface area contributed by atoms with Crippen molar-refractivity contribution < 1.29 is 31.9 Å². The van der Waals surface area contributed by atoms with Crippen LogP contribution in [0.1, 0.15) is 29.8 Å². The fraction of sp³-hybridized carbons (Fsp3) is 0.333. The molecule has 174 valence electrons. The van der Waals surface area contributed by atoms with Crippen molar-refractivity contribution >= 4 is 29.1 Å². The Morgan fingerprint density at radius 1 is 1.16 bits per heavy atom. The monoisotopic (exact) mass is 475 g/mol. The normalized spacial score (nSPS) is 12.4. The second-order valence-electron chi connectivity index (χ2n) is 7.19. The van der Waals surface area contributed by atoms with Crippen LogP contribution in [0, 0.1) is 11.7 Å². The number of ether oxygens (including phenoxy) is 1. The van der Waals surface area contributed by atoms with Gasteiger partial charge in [0.15, 0.2) is 0 Å². The summed E-state index contributed by atoms with van der Waals surface area (Å²) in [4.78, 5) is 25.5. The summed E-state index contributed by atoms with van der Waals surface area (Å²) < 4.78 is 57.8. The molecule has 0 aliphatic rings. The Labute approximate surface area is 187 Å². The van der Waals surface area contributed by atoms with Crippen molar-refractivity contribution in [3.8, 4) is 5.75 Å². The quantitative estimate of drug-likeness (QED) is 0.498. The zero-order valence-corrected chi connectivity index (χ0v) is 18.0. The highest BCUT2D eigenvalue weighted by atomic mass is 35.5. The van der Waals surface area contributed by atoms with Crippen molar-refractivity contribution in [2.45, 2.75) is 26.1 Å². The molecule has 2 aromatic carbocycles. The van der Waals surface area contributed by atoms with Crippen molar-refractivity contribution in [2.24, 2.45) is 11.7 Å². The average molecular weight is 476 g/mol. The number of rotatable bonds is 8. The van der Waals surface area contributed by atoms with Gasteiger partial charge >= 0.3 is 6.18 Å². The Hall–Kier alpha value is -2.85. The van der Waals surface area contributed by atoms with E-state index in [1.54, 1.807) is 13.8 Å². The smallest absolute Gasteiger partial charge is 0.416 e. The van der Waals surface area contributed by atoms with Crippen LogP contribution < -0.4 is 21.1 Å². The standard InChI is InChI=1S/C21H22ClF4N3O3/c1-11(2)18(20(31)28-15-8-12(21(24,25)26)7-14(23)10-15)29-19(30)16-9-13(22)3-4-17(16)32-6-5-27/h3-4,7-11,18H,5-6,27H2,1-2H3,(H,28,31)(H,29,30)/t18-/m0/s1. The van der Waals surface area contributed by atoms with Crippen LogP contribution >= 0.6 is 11.6 Å². The molecule has 0 heterocycles. The van der Waals surface area contributed by atoms with Crippen LogP contribution in [-0.2, 0) is 11.0 Å². The van der Waals surface area contributed by atoms with Gasteiger partial charge in [0, 0.05) is 17.3 Å². The van der Waals surface area contributed by atoms with Crippen molar-refractivity contribution in [1.82, 2.24) is 5.32 Å². The number of hydrogen-bond donors (Lipinski definition) is 3. The lowest BCUT2D eigenvalue weighted by atomic mass is 10.0. The van der Waals surface area contributed by atoms with E-state index < -0.39 is 47.0 Å². The lowest BCUT2D eigenvalue weighted by molar-refractivity contribution is -0.137. The molecule has 0 radical (unpaired) electrons. The average Bonchev–Trinajstić information content (AvgIpc) is 2.69. The predicted octanol–water partition coefficient (Wildman–Crippen LogP) is 4.23. The van der Waals surface area contributed by atoms with Crippen molar-refractivity contribution in [1.29, 1.82) is 0 Å². The molecule has 4 N–H and O–H groups in total. The Balaban J connectivity index is 2.25. The molecule has 2 amide bonds. The molecule has 11 heteroatoms. The number of alkyl halides is 3. The molecule has 0 bridgehead atoms. The summed E-state index contributed by atoms with van der Waals surface area (Å²) in [5, 5.41) is 5.00. The molecule has 0 saturated carbocycles. The van der Waals surface area contributed by atoms with Gasteiger partial charge in [-0.1, -0.05) is 25.4 Å². The first-order chi connectivity index (χ1) is 14.9. The number of carbonyl (C=O) groups excluding carboxylic acids is 2. The van der Waals surface area contributed by atoms with Crippen LogP contribution in [-0.4, -0.2) is 31.0 Å². The second-order valence-corrected chi connectivity index (χ2v) is 7.62. The molecule has 0 unspecified atom stereocenters. The van der Waals surface area contributed by atoms with E-state index in [4.69, 9.17) is 22.1 Å². The molecule has 2 aromatic rings. The van der Waals surface area contributed by atoms with E-state index in [1.807, 2.05) is 0 Å². The Morgan fingerprint density at radius 3 is 2.44 bits per heavy atom. The number of anilines is 1. The molecule has 32 heavy (non-hydrogen) atoms. The topological polar surface area (TPSA) is 93.4 Å². The maximum Gasteiger partial charge on any atom is 0.416 e. The SMILES string of the molecule is CC(C)[C@H](NC(=O)c1cc(Cl)ccc1OCCN)C(=O)Nc1cc(F)cc(C(F)(F)F)c1. The lowest BCUT2D eigenvalue weighted by Gasteiger charge is -2.23. The summed E-state index contributed by atoms with van der Waals surface area (Å²) in [6.07, 6.45) is -4.79. The Bertz CT molecular complexity index is 983. The number of nitrogens with two attached hydrogens (primary N) is 1. The first kappa shape index (κ1) is 25.4. The predicted molar refractivity (Wildman–Crippen MR) is 112 cm³/mol. The molecule has 0 saturated heterocycles. The number of hydrogen-bond acceptors (Lipinski definition) is 4.